The molecule has 0 saturated carbocycles. The Bertz CT molecular complexity index is 644. The van der Waals surface area contributed by atoms with Crippen molar-refractivity contribution in [3.63, 3.8) is 0 Å². The summed E-state index contributed by atoms with van der Waals surface area (Å²) in [5.74, 6) is -1.85. The molecule has 0 radical (unpaired) electrons. The fourth-order valence-electron chi connectivity index (χ4n) is 1.63. The molecule has 8 heteroatoms. The first kappa shape index (κ1) is 19.0. The number of nitrogens with two attached hydrogens (primary N) is 1. The van der Waals surface area contributed by atoms with Crippen LogP contribution >= 0.6 is 23.2 Å². The molecule has 0 spiro atoms. The summed E-state index contributed by atoms with van der Waals surface area (Å²) >= 11 is 11.7. The Hall–Kier alpha value is -2.05. The molecule has 0 saturated heterocycles. The molecular formula is C15H16Cl2N2O4. The lowest BCUT2D eigenvalue weighted by Gasteiger charge is -2.18. The SMILES string of the molecule is CC(C)[C@H](OC(=O)/C=C/c1ccc(Cl)c(Cl)c1)C(=O)NC(N)=O. The molecule has 124 valence electrons. The molecule has 6 nitrogen and oxygen atoms in total. The quantitative estimate of drug-likeness (QED) is 0.624. The molecule has 0 heterocycles. The van der Waals surface area contributed by atoms with Crippen LogP contribution in [0.2, 0.25) is 10.0 Å². The van der Waals surface area contributed by atoms with Gasteiger partial charge >= 0.3 is 12.0 Å². The minimum atomic E-state index is -1.13. The Morgan fingerprint density at radius 1 is 1.22 bits per heavy atom. The fourth-order valence-corrected chi connectivity index (χ4v) is 1.94. The molecule has 0 aliphatic carbocycles. The van der Waals surface area contributed by atoms with Gasteiger partial charge < -0.3 is 10.5 Å². The fraction of sp³-hybridized carbons (Fsp3) is 0.267. The molecule has 23 heavy (non-hydrogen) atoms. The number of carbonyl (C=O) groups is 3. The summed E-state index contributed by atoms with van der Waals surface area (Å²) in [5, 5.41) is 2.63. The summed E-state index contributed by atoms with van der Waals surface area (Å²) in [5.41, 5.74) is 5.51. The van der Waals surface area contributed by atoms with Crippen LogP contribution in [0.15, 0.2) is 24.3 Å². The van der Waals surface area contributed by atoms with E-state index < -0.39 is 24.0 Å². The van der Waals surface area contributed by atoms with Gasteiger partial charge in [0.15, 0.2) is 6.10 Å². The van der Waals surface area contributed by atoms with Crippen LogP contribution in [0.4, 0.5) is 4.79 Å². The van der Waals surface area contributed by atoms with Crippen molar-refractivity contribution in [1.29, 1.82) is 0 Å². The Kier molecular flexibility index (Phi) is 7.06. The number of imide groups is 1. The number of carbonyl (C=O) groups excluding carboxylic acids is 3. The number of hydrogen-bond acceptors (Lipinski definition) is 4. The second-order valence-corrected chi connectivity index (χ2v) is 5.78. The van der Waals surface area contributed by atoms with Gasteiger partial charge in [-0.3, -0.25) is 10.1 Å². The van der Waals surface area contributed by atoms with E-state index in [0.29, 0.717) is 15.6 Å². The standard InChI is InChI=1S/C15H16Cl2N2O4/c1-8(2)13(14(21)19-15(18)22)23-12(20)6-4-9-3-5-10(16)11(17)7-9/h3-8,13H,1-2H3,(H3,18,19,21,22)/b6-4+/t13-/m0/s1. The van der Waals surface area contributed by atoms with E-state index in [9.17, 15) is 14.4 Å². The van der Waals surface area contributed by atoms with Gasteiger partial charge in [0.1, 0.15) is 0 Å². The topological polar surface area (TPSA) is 98.5 Å². The van der Waals surface area contributed by atoms with Crippen LogP contribution in [-0.4, -0.2) is 24.0 Å². The second-order valence-electron chi connectivity index (χ2n) is 4.96. The van der Waals surface area contributed by atoms with Crippen molar-refractivity contribution in [1.82, 2.24) is 5.32 Å². The van der Waals surface area contributed by atoms with Crippen molar-refractivity contribution in [2.45, 2.75) is 20.0 Å². The molecule has 0 aromatic heterocycles. The molecule has 0 aliphatic rings. The normalized spacial score (nSPS) is 12.2. The third-order valence-electron chi connectivity index (χ3n) is 2.71. The maximum atomic E-state index is 11.8. The minimum absolute atomic E-state index is 0.336. The van der Waals surface area contributed by atoms with Gasteiger partial charge in [0.2, 0.25) is 0 Å². The van der Waals surface area contributed by atoms with Gasteiger partial charge in [0, 0.05) is 6.08 Å². The Morgan fingerprint density at radius 3 is 2.39 bits per heavy atom. The van der Waals surface area contributed by atoms with E-state index in [-0.39, 0.29) is 5.92 Å². The van der Waals surface area contributed by atoms with Crippen LogP contribution in [0.3, 0.4) is 0 Å². The summed E-state index contributed by atoms with van der Waals surface area (Å²) in [4.78, 5) is 34.3. The first-order valence-electron chi connectivity index (χ1n) is 6.64. The maximum absolute atomic E-state index is 11.8. The number of rotatable bonds is 5. The van der Waals surface area contributed by atoms with Crippen molar-refractivity contribution in [2.24, 2.45) is 11.7 Å². The van der Waals surface area contributed by atoms with Crippen LogP contribution in [0.25, 0.3) is 6.08 Å². The summed E-state index contributed by atoms with van der Waals surface area (Å²) in [7, 11) is 0. The molecule has 1 rings (SSSR count). The van der Waals surface area contributed by atoms with Gasteiger partial charge in [0.25, 0.3) is 5.91 Å². The Morgan fingerprint density at radius 2 is 1.87 bits per heavy atom. The van der Waals surface area contributed by atoms with Crippen molar-refractivity contribution >= 4 is 47.2 Å². The van der Waals surface area contributed by atoms with E-state index in [0.717, 1.165) is 6.08 Å². The lowest BCUT2D eigenvalue weighted by molar-refractivity contribution is -0.153. The number of benzene rings is 1. The third-order valence-corrected chi connectivity index (χ3v) is 3.45. The molecule has 3 N–H and O–H groups in total. The lowest BCUT2D eigenvalue weighted by Crippen LogP contribution is -2.45. The van der Waals surface area contributed by atoms with Crippen LogP contribution in [-0.2, 0) is 14.3 Å². The molecule has 3 amide bonds. The molecule has 0 unspecified atom stereocenters. The zero-order valence-corrected chi connectivity index (χ0v) is 14.0. The maximum Gasteiger partial charge on any atom is 0.331 e. The highest BCUT2D eigenvalue weighted by Gasteiger charge is 2.26. The number of amides is 3. The largest absolute Gasteiger partial charge is 0.449 e. The zero-order chi connectivity index (χ0) is 17.6. The minimum Gasteiger partial charge on any atom is -0.449 e. The average molecular weight is 359 g/mol. The molecule has 0 fully saturated rings. The van der Waals surface area contributed by atoms with Gasteiger partial charge in [-0.15, -0.1) is 0 Å². The van der Waals surface area contributed by atoms with E-state index in [1.807, 2.05) is 5.32 Å². The number of nitrogens with one attached hydrogen (secondary N) is 1. The molecule has 1 aromatic rings. The summed E-state index contributed by atoms with van der Waals surface area (Å²) in [6.07, 6.45) is 1.48. The van der Waals surface area contributed by atoms with E-state index in [2.05, 4.69) is 0 Å². The van der Waals surface area contributed by atoms with Crippen LogP contribution in [0, 0.1) is 5.92 Å². The molecule has 1 atom stereocenters. The van der Waals surface area contributed by atoms with Gasteiger partial charge in [-0.25, -0.2) is 9.59 Å². The monoisotopic (exact) mass is 358 g/mol. The molecule has 0 bridgehead atoms. The highest BCUT2D eigenvalue weighted by Crippen LogP contribution is 2.23. The predicted octanol–water partition coefficient (Wildman–Crippen LogP) is 2.77. The predicted molar refractivity (Wildman–Crippen MR) is 87.9 cm³/mol. The summed E-state index contributed by atoms with van der Waals surface area (Å²) in [6.45, 7) is 3.34. The number of esters is 1. The van der Waals surface area contributed by atoms with Crippen LogP contribution < -0.4 is 11.1 Å². The number of halogens is 2. The van der Waals surface area contributed by atoms with Crippen molar-refractivity contribution in [2.75, 3.05) is 0 Å². The lowest BCUT2D eigenvalue weighted by atomic mass is 10.1. The highest BCUT2D eigenvalue weighted by atomic mass is 35.5. The highest BCUT2D eigenvalue weighted by molar-refractivity contribution is 6.42. The smallest absolute Gasteiger partial charge is 0.331 e. The van der Waals surface area contributed by atoms with E-state index in [1.54, 1.807) is 32.0 Å². The summed E-state index contributed by atoms with van der Waals surface area (Å²) in [6, 6.07) is 3.82. The molecular weight excluding hydrogens is 343 g/mol. The van der Waals surface area contributed by atoms with Crippen LogP contribution in [0.1, 0.15) is 19.4 Å². The number of ether oxygens (including phenoxy) is 1. The van der Waals surface area contributed by atoms with Crippen LogP contribution in [0.5, 0.6) is 0 Å². The molecule has 0 aliphatic heterocycles. The number of hydrogen-bond donors (Lipinski definition) is 2. The Labute approximate surface area is 143 Å². The number of urea groups is 1. The van der Waals surface area contributed by atoms with E-state index in [4.69, 9.17) is 33.7 Å². The van der Waals surface area contributed by atoms with Crippen molar-refractivity contribution in [3.8, 4) is 0 Å². The Balaban J connectivity index is 2.75. The zero-order valence-electron chi connectivity index (χ0n) is 12.5. The first-order valence-corrected chi connectivity index (χ1v) is 7.40. The van der Waals surface area contributed by atoms with Gasteiger partial charge in [-0.2, -0.15) is 0 Å². The average Bonchev–Trinajstić information content (AvgIpc) is 2.44. The van der Waals surface area contributed by atoms with E-state index in [1.165, 1.54) is 6.08 Å². The van der Waals surface area contributed by atoms with Crippen molar-refractivity contribution < 1.29 is 19.1 Å². The second kappa shape index (κ2) is 8.55. The molecule has 1 aromatic carbocycles. The van der Waals surface area contributed by atoms with Crippen molar-refractivity contribution in [3.05, 3.63) is 39.9 Å². The third kappa shape index (κ3) is 6.30. The van der Waals surface area contributed by atoms with Gasteiger partial charge in [0.05, 0.1) is 10.0 Å². The van der Waals surface area contributed by atoms with Gasteiger partial charge in [-0.05, 0) is 29.7 Å². The van der Waals surface area contributed by atoms with Gasteiger partial charge in [-0.1, -0.05) is 43.1 Å². The first-order chi connectivity index (χ1) is 10.7. The number of primary amides is 1. The summed E-state index contributed by atoms with van der Waals surface area (Å²) < 4.78 is 5.05. The van der Waals surface area contributed by atoms with E-state index >= 15 is 0 Å².